The molecule has 3 aromatic carbocycles. The number of nitrogens with one attached hydrogen (secondary N) is 3. The summed E-state index contributed by atoms with van der Waals surface area (Å²) in [7, 11) is 3.19. The molecule has 0 bridgehead atoms. The normalized spacial score (nSPS) is 18.0. The molecular formula is C33H33N5O8. The molecule has 1 saturated heterocycles. The zero-order chi connectivity index (χ0) is 32.4. The number of carbonyl (C=O) groups excluding carboxylic acids is 1. The average molecular weight is 628 g/mol. The number of carbonyl (C=O) groups is 1. The Bertz CT molecular complexity index is 1900. The van der Waals surface area contributed by atoms with Crippen molar-refractivity contribution in [1.29, 1.82) is 0 Å². The van der Waals surface area contributed by atoms with E-state index in [0.717, 1.165) is 21.3 Å². The molecule has 46 heavy (non-hydrogen) atoms. The lowest BCUT2D eigenvalue weighted by Gasteiger charge is -2.37. The van der Waals surface area contributed by atoms with Crippen molar-refractivity contribution in [3.8, 4) is 11.5 Å². The van der Waals surface area contributed by atoms with Crippen LogP contribution < -0.4 is 26.0 Å². The highest BCUT2D eigenvalue weighted by atomic mass is 16.6. The number of H-pyrrole nitrogens is 2. The summed E-state index contributed by atoms with van der Waals surface area (Å²) in [5, 5.41) is 13.6. The molecule has 3 heterocycles. The van der Waals surface area contributed by atoms with Crippen LogP contribution in [0.25, 0.3) is 11.2 Å². The van der Waals surface area contributed by atoms with E-state index in [-0.39, 0.29) is 30.1 Å². The summed E-state index contributed by atoms with van der Waals surface area (Å²) >= 11 is 0. The maximum atomic E-state index is 13.0. The molecule has 0 radical (unpaired) electrons. The molecular weight excluding hydrogens is 594 g/mol. The summed E-state index contributed by atoms with van der Waals surface area (Å²) < 4.78 is 25.1. The number of hydrogen-bond acceptors (Lipinski definition) is 9. The number of rotatable bonds is 10. The molecule has 6 rings (SSSR count). The first kappa shape index (κ1) is 30.8. The van der Waals surface area contributed by atoms with Crippen LogP contribution in [0.3, 0.4) is 0 Å². The second-order valence-corrected chi connectivity index (χ2v) is 10.8. The van der Waals surface area contributed by atoms with Gasteiger partial charge in [0.15, 0.2) is 11.2 Å². The molecule has 1 amide bonds. The number of fused-ring (bicyclic) bond motifs is 1. The van der Waals surface area contributed by atoms with Gasteiger partial charge in [0.1, 0.15) is 29.4 Å². The van der Waals surface area contributed by atoms with Gasteiger partial charge in [0.05, 0.1) is 26.9 Å². The van der Waals surface area contributed by atoms with Crippen molar-refractivity contribution in [1.82, 2.24) is 19.5 Å². The van der Waals surface area contributed by atoms with Crippen LogP contribution in [0.2, 0.25) is 0 Å². The van der Waals surface area contributed by atoms with E-state index >= 15 is 0 Å². The van der Waals surface area contributed by atoms with Gasteiger partial charge in [-0.15, -0.1) is 0 Å². The summed E-state index contributed by atoms with van der Waals surface area (Å²) in [6.45, 7) is 1.19. The Morgan fingerprint density at radius 3 is 2.11 bits per heavy atom. The van der Waals surface area contributed by atoms with Gasteiger partial charge in [-0.1, -0.05) is 54.6 Å². The molecule has 0 saturated carbocycles. The number of benzene rings is 3. The average Bonchev–Trinajstić information content (AvgIpc) is 3.60. The molecule has 5 aromatic rings. The molecule has 1 fully saturated rings. The molecule has 13 heteroatoms. The summed E-state index contributed by atoms with van der Waals surface area (Å²) in [5.74, 6) is 0.780. The number of nitrogens with zero attached hydrogens (tertiary/aromatic N) is 2. The van der Waals surface area contributed by atoms with Crippen LogP contribution in [-0.2, 0) is 19.9 Å². The quantitative estimate of drug-likeness (QED) is 0.170. The summed E-state index contributed by atoms with van der Waals surface area (Å²) in [4.78, 5) is 46.4. The number of aliphatic hydroxyl groups excluding tert-OH is 1. The number of anilines is 1. The molecule has 3 atom stereocenters. The predicted molar refractivity (Wildman–Crippen MR) is 168 cm³/mol. The number of aliphatic hydroxyl groups is 1. The Morgan fingerprint density at radius 1 is 0.957 bits per heavy atom. The lowest BCUT2D eigenvalue weighted by atomic mass is 9.80. The molecule has 1 aliphatic rings. The van der Waals surface area contributed by atoms with Crippen molar-refractivity contribution in [3.63, 3.8) is 0 Å². The largest absolute Gasteiger partial charge is 0.497 e. The van der Waals surface area contributed by atoms with Gasteiger partial charge in [-0.05, 0) is 41.0 Å². The Morgan fingerprint density at radius 2 is 1.54 bits per heavy atom. The molecule has 0 aliphatic carbocycles. The van der Waals surface area contributed by atoms with E-state index in [1.165, 1.54) is 6.92 Å². The van der Waals surface area contributed by atoms with Gasteiger partial charge in [0.2, 0.25) is 11.9 Å². The van der Waals surface area contributed by atoms with Gasteiger partial charge in [-0.2, -0.15) is 4.98 Å². The second-order valence-electron chi connectivity index (χ2n) is 10.8. The van der Waals surface area contributed by atoms with Gasteiger partial charge in [-0.25, -0.2) is 9.36 Å². The number of ether oxygens (including phenoxy) is 4. The van der Waals surface area contributed by atoms with Crippen LogP contribution >= 0.6 is 0 Å². The third-order valence-corrected chi connectivity index (χ3v) is 8.00. The van der Waals surface area contributed by atoms with Crippen molar-refractivity contribution < 1.29 is 28.8 Å². The maximum absolute atomic E-state index is 13.0. The second kappa shape index (κ2) is 12.6. The first-order valence-corrected chi connectivity index (χ1v) is 14.6. The predicted octanol–water partition coefficient (Wildman–Crippen LogP) is 3.05. The molecule has 0 unspecified atom stereocenters. The van der Waals surface area contributed by atoms with E-state index in [1.54, 1.807) is 14.2 Å². The van der Waals surface area contributed by atoms with Crippen LogP contribution in [0.15, 0.2) is 88.5 Å². The molecule has 2 aromatic heterocycles. The number of amides is 1. The topological polar surface area (TPSA) is 170 Å². The van der Waals surface area contributed by atoms with Gasteiger partial charge >= 0.3 is 5.69 Å². The minimum absolute atomic E-state index is 0.0219. The number of hydrogen-bond donors (Lipinski definition) is 4. The Balaban J connectivity index is 1.37. The van der Waals surface area contributed by atoms with Gasteiger partial charge in [0, 0.05) is 13.3 Å². The lowest BCUT2D eigenvalue weighted by Crippen LogP contribution is -2.38. The minimum Gasteiger partial charge on any atom is -0.497 e. The third kappa shape index (κ3) is 5.67. The van der Waals surface area contributed by atoms with Crippen molar-refractivity contribution in [2.75, 3.05) is 26.1 Å². The van der Waals surface area contributed by atoms with E-state index in [2.05, 4.69) is 20.3 Å². The van der Waals surface area contributed by atoms with E-state index in [4.69, 9.17) is 18.9 Å². The van der Waals surface area contributed by atoms with Gasteiger partial charge < -0.3 is 24.1 Å². The molecule has 4 N–H and O–H groups in total. The van der Waals surface area contributed by atoms with E-state index in [0.29, 0.717) is 11.5 Å². The van der Waals surface area contributed by atoms with Crippen LogP contribution in [0.5, 0.6) is 11.5 Å². The maximum Gasteiger partial charge on any atom is 0.329 e. The van der Waals surface area contributed by atoms with Crippen LogP contribution in [-0.4, -0.2) is 63.6 Å². The Kier molecular flexibility index (Phi) is 8.45. The SMILES string of the molecule is COc1ccc(C(OC[C@H]2O[C@@H](n3c(=O)[nH]c4c(=O)[nH]c(NC(C)=O)nc43)C[C@@H]2O)(c2ccccc2)c2ccc(OC)cc2)cc1. The standard InChI is InChI=1S/C33H33N5O8/c1-19(39)34-31-36-29-28(30(41)37-31)35-32(42)38(29)27-17-25(40)26(46-27)18-45-33(20-7-5-4-6-8-20,21-9-13-23(43-2)14-10-21)22-11-15-24(44-3)16-12-22/h4-16,25-27,40H,17-18H2,1-3H3,(H,35,42)(H2,34,36,37,39,41)/t25-,26+,27+/m0/s1. The molecule has 1 aliphatic heterocycles. The highest BCUT2D eigenvalue weighted by Gasteiger charge is 2.42. The lowest BCUT2D eigenvalue weighted by molar-refractivity contribution is -0.114. The van der Waals surface area contributed by atoms with Crippen LogP contribution in [0, 0.1) is 0 Å². The van der Waals surface area contributed by atoms with Crippen LogP contribution in [0.1, 0.15) is 36.3 Å². The summed E-state index contributed by atoms with van der Waals surface area (Å²) in [6.07, 6.45) is -2.84. The monoisotopic (exact) mass is 627 g/mol. The molecule has 0 spiro atoms. The molecule has 13 nitrogen and oxygen atoms in total. The van der Waals surface area contributed by atoms with Gasteiger partial charge in [0.25, 0.3) is 5.56 Å². The zero-order valence-corrected chi connectivity index (χ0v) is 25.4. The number of methoxy groups -OCH3 is 2. The van der Waals surface area contributed by atoms with E-state index in [1.807, 2.05) is 78.9 Å². The first-order chi connectivity index (χ1) is 22.2. The molecule has 238 valence electrons. The highest BCUT2D eigenvalue weighted by molar-refractivity contribution is 5.87. The van der Waals surface area contributed by atoms with E-state index in [9.17, 15) is 19.5 Å². The van der Waals surface area contributed by atoms with Crippen LogP contribution in [0.4, 0.5) is 5.95 Å². The number of aromatic nitrogens is 4. The minimum atomic E-state index is -1.15. The number of aromatic amines is 2. The zero-order valence-electron chi connectivity index (χ0n) is 25.4. The number of imidazole rings is 1. The fourth-order valence-electron chi connectivity index (χ4n) is 5.81. The summed E-state index contributed by atoms with van der Waals surface area (Å²) in [5.41, 5.74) is -0.121. The smallest absolute Gasteiger partial charge is 0.329 e. The Hall–Kier alpha value is -5.24. The van der Waals surface area contributed by atoms with Crippen molar-refractivity contribution in [3.05, 3.63) is 116 Å². The van der Waals surface area contributed by atoms with Crippen molar-refractivity contribution >= 4 is 23.0 Å². The van der Waals surface area contributed by atoms with Crippen molar-refractivity contribution in [2.24, 2.45) is 0 Å². The first-order valence-electron chi connectivity index (χ1n) is 14.6. The third-order valence-electron chi connectivity index (χ3n) is 8.00. The van der Waals surface area contributed by atoms with Gasteiger partial charge in [-0.3, -0.25) is 24.9 Å². The Labute approximate surface area is 262 Å². The van der Waals surface area contributed by atoms with Crippen molar-refractivity contribution in [2.45, 2.75) is 37.4 Å². The summed E-state index contributed by atoms with van der Waals surface area (Å²) in [6, 6.07) is 24.8. The van der Waals surface area contributed by atoms with E-state index < -0.39 is 41.2 Å². The fourth-order valence-corrected chi connectivity index (χ4v) is 5.81. The fraction of sp³-hybridized carbons (Fsp3) is 0.273. The highest BCUT2D eigenvalue weighted by Crippen LogP contribution is 2.42.